The van der Waals surface area contributed by atoms with E-state index in [2.05, 4.69) is 44.0 Å². The lowest BCUT2D eigenvalue weighted by Crippen LogP contribution is -2.01. The topological polar surface area (TPSA) is 29.9 Å². The Morgan fingerprint density at radius 2 is 1.77 bits per heavy atom. The minimum Gasteiger partial charge on any atom is -0.171 e. The third-order valence-corrected chi connectivity index (χ3v) is 2.92. The monoisotopic (exact) mass is 175 g/mol. The first kappa shape index (κ1) is 8.30. The lowest BCUT2D eigenvalue weighted by molar-refractivity contribution is -0.421. The second-order valence-corrected chi connectivity index (χ2v) is 3.74. The highest BCUT2D eigenvalue weighted by Crippen LogP contribution is 2.23. The fourth-order valence-electron chi connectivity index (χ4n) is 1.89. The molecule has 0 amide bonds. The van der Waals surface area contributed by atoms with Crippen LogP contribution in [0.4, 0.5) is 0 Å². The number of rotatable bonds is 0. The quantitative estimate of drug-likeness (QED) is 0.636. The van der Waals surface area contributed by atoms with Gasteiger partial charge in [0.1, 0.15) is 0 Å². The summed E-state index contributed by atoms with van der Waals surface area (Å²) in [5.41, 5.74) is 6.54. The molecule has 2 heteroatoms. The summed E-state index contributed by atoms with van der Waals surface area (Å²) in [6.07, 6.45) is 0. The summed E-state index contributed by atoms with van der Waals surface area (Å²) in [5.74, 6) is 0. The summed E-state index contributed by atoms with van der Waals surface area (Å²) < 4.78 is 0. The number of fused-ring (bicyclic) bond motifs is 1. The van der Waals surface area contributed by atoms with E-state index in [0.717, 1.165) is 0 Å². The van der Waals surface area contributed by atoms with E-state index in [4.69, 9.17) is 0 Å². The van der Waals surface area contributed by atoms with Gasteiger partial charge in [0.15, 0.2) is 0 Å². The maximum absolute atomic E-state index is 3.17. The van der Waals surface area contributed by atoms with Gasteiger partial charge in [-0.15, -0.1) is 5.10 Å². The Morgan fingerprint density at radius 3 is 2.46 bits per heavy atom. The molecule has 0 radical (unpaired) electrons. The number of aromatic amines is 2. The van der Waals surface area contributed by atoms with Crippen LogP contribution in [0.3, 0.4) is 0 Å². The lowest BCUT2D eigenvalue weighted by Gasteiger charge is -2.03. The van der Waals surface area contributed by atoms with Crippen molar-refractivity contribution in [3.05, 3.63) is 28.5 Å². The zero-order valence-corrected chi connectivity index (χ0v) is 8.58. The maximum atomic E-state index is 3.17. The molecule has 0 aliphatic rings. The molecular weight excluding hydrogens is 160 g/mol. The van der Waals surface area contributed by atoms with Gasteiger partial charge in [0.05, 0.1) is 11.1 Å². The predicted molar refractivity (Wildman–Crippen MR) is 53.8 cm³/mol. The first-order valence-electron chi connectivity index (χ1n) is 4.58. The Bertz CT molecular complexity index is 466. The van der Waals surface area contributed by atoms with Gasteiger partial charge in [-0.2, -0.15) is 5.10 Å². The van der Waals surface area contributed by atoms with Gasteiger partial charge >= 0.3 is 0 Å². The van der Waals surface area contributed by atoms with Crippen LogP contribution in [-0.4, -0.2) is 5.10 Å². The molecule has 2 aromatic rings. The predicted octanol–water partition coefficient (Wildman–Crippen LogP) is 2.22. The Morgan fingerprint density at radius 1 is 1.08 bits per heavy atom. The van der Waals surface area contributed by atoms with Gasteiger partial charge in [-0.3, -0.25) is 0 Å². The van der Waals surface area contributed by atoms with Gasteiger partial charge < -0.3 is 0 Å². The van der Waals surface area contributed by atoms with Gasteiger partial charge in [0.25, 0.3) is 0 Å². The fraction of sp³-hybridized carbons (Fsp3) is 0.364. The second kappa shape index (κ2) is 2.59. The van der Waals surface area contributed by atoms with E-state index in [-0.39, 0.29) is 0 Å². The van der Waals surface area contributed by atoms with Crippen molar-refractivity contribution in [3.8, 4) is 0 Å². The van der Waals surface area contributed by atoms with E-state index < -0.39 is 0 Å². The van der Waals surface area contributed by atoms with Gasteiger partial charge in [-0.05, 0) is 44.4 Å². The molecule has 68 valence electrons. The van der Waals surface area contributed by atoms with Crippen molar-refractivity contribution in [3.63, 3.8) is 0 Å². The van der Waals surface area contributed by atoms with Crippen LogP contribution in [0.2, 0.25) is 0 Å². The molecule has 0 bridgehead atoms. The highest BCUT2D eigenvalue weighted by molar-refractivity contribution is 5.83. The SMILES string of the molecule is Cc1cc2[nH+][nH]c(C)c2c(C)c1C. The molecule has 0 unspecified atom stereocenters. The van der Waals surface area contributed by atoms with Crippen molar-refractivity contribution in [1.82, 2.24) is 5.10 Å². The highest BCUT2D eigenvalue weighted by Gasteiger charge is 2.12. The van der Waals surface area contributed by atoms with E-state index in [1.54, 1.807) is 0 Å². The smallest absolute Gasteiger partial charge is 0.171 e. The Labute approximate surface area is 78.0 Å². The largest absolute Gasteiger partial charge is 0.236 e. The number of nitrogens with one attached hydrogen (secondary N) is 2. The van der Waals surface area contributed by atoms with Crippen molar-refractivity contribution >= 4 is 10.9 Å². The minimum absolute atomic E-state index is 1.21. The fourth-order valence-corrected chi connectivity index (χ4v) is 1.89. The van der Waals surface area contributed by atoms with Crippen molar-refractivity contribution < 1.29 is 5.10 Å². The number of benzene rings is 1. The van der Waals surface area contributed by atoms with Crippen LogP contribution in [0.15, 0.2) is 6.07 Å². The summed E-state index contributed by atoms with van der Waals surface area (Å²) >= 11 is 0. The van der Waals surface area contributed by atoms with E-state index in [0.29, 0.717) is 0 Å². The first-order valence-corrected chi connectivity index (χ1v) is 4.58. The average Bonchev–Trinajstić information content (AvgIpc) is 2.43. The zero-order chi connectivity index (χ0) is 9.59. The number of H-pyrrole nitrogens is 2. The molecule has 0 atom stereocenters. The third-order valence-electron chi connectivity index (χ3n) is 2.92. The Hall–Kier alpha value is -1.31. The van der Waals surface area contributed by atoms with Gasteiger partial charge in [0, 0.05) is 6.07 Å². The van der Waals surface area contributed by atoms with Crippen LogP contribution >= 0.6 is 0 Å². The lowest BCUT2D eigenvalue weighted by atomic mass is 9.99. The van der Waals surface area contributed by atoms with Crippen LogP contribution < -0.4 is 5.10 Å². The van der Waals surface area contributed by atoms with Crippen molar-refractivity contribution in [2.75, 3.05) is 0 Å². The molecule has 1 aromatic heterocycles. The molecule has 1 heterocycles. The van der Waals surface area contributed by atoms with Crippen molar-refractivity contribution in [2.45, 2.75) is 27.7 Å². The average molecular weight is 175 g/mol. The van der Waals surface area contributed by atoms with Gasteiger partial charge in [-0.25, -0.2) is 0 Å². The Kier molecular flexibility index (Phi) is 1.65. The molecule has 0 fully saturated rings. The molecule has 0 saturated heterocycles. The highest BCUT2D eigenvalue weighted by atomic mass is 15.1. The van der Waals surface area contributed by atoms with Gasteiger partial charge in [-0.1, -0.05) is 0 Å². The Balaban J connectivity index is 2.97. The summed E-state index contributed by atoms with van der Waals surface area (Å²) in [7, 11) is 0. The van der Waals surface area contributed by atoms with Crippen molar-refractivity contribution in [2.24, 2.45) is 0 Å². The summed E-state index contributed by atoms with van der Waals surface area (Å²) in [6.45, 7) is 8.61. The van der Waals surface area contributed by atoms with Crippen LogP contribution in [0.5, 0.6) is 0 Å². The van der Waals surface area contributed by atoms with Crippen LogP contribution in [0.25, 0.3) is 10.9 Å². The molecule has 2 N–H and O–H groups in total. The molecule has 0 aliphatic carbocycles. The standard InChI is InChI=1S/C11H14N2/c1-6-5-10-11(8(3)7(6)2)9(4)12-13-10/h5H,1-4H3,(H,12,13)/p+1. The van der Waals surface area contributed by atoms with Crippen LogP contribution in [0, 0.1) is 27.7 Å². The number of aryl methyl sites for hydroxylation is 3. The normalized spacial score (nSPS) is 11.1. The molecule has 2 rings (SSSR count). The molecule has 13 heavy (non-hydrogen) atoms. The van der Waals surface area contributed by atoms with Crippen LogP contribution in [0.1, 0.15) is 22.4 Å². The number of hydrogen-bond donors (Lipinski definition) is 1. The number of aromatic nitrogens is 2. The molecule has 2 nitrogen and oxygen atoms in total. The molecule has 0 saturated carbocycles. The minimum atomic E-state index is 1.21. The third kappa shape index (κ3) is 1.05. The van der Waals surface area contributed by atoms with E-state index in [1.165, 1.54) is 33.3 Å². The molecule has 0 aliphatic heterocycles. The maximum Gasteiger partial charge on any atom is 0.236 e. The van der Waals surface area contributed by atoms with Crippen LogP contribution in [-0.2, 0) is 0 Å². The molecular formula is C11H15N2+. The summed E-state index contributed by atoms with van der Waals surface area (Å²) in [4.78, 5) is 0. The molecule has 0 spiro atoms. The summed E-state index contributed by atoms with van der Waals surface area (Å²) in [6, 6.07) is 2.20. The van der Waals surface area contributed by atoms with E-state index in [1.807, 2.05) is 0 Å². The first-order chi connectivity index (χ1) is 6.11. The van der Waals surface area contributed by atoms with Gasteiger partial charge in [0.2, 0.25) is 5.52 Å². The molecule has 1 aromatic carbocycles. The summed E-state index contributed by atoms with van der Waals surface area (Å²) in [5, 5.41) is 7.65. The van der Waals surface area contributed by atoms with E-state index >= 15 is 0 Å². The van der Waals surface area contributed by atoms with E-state index in [9.17, 15) is 0 Å². The zero-order valence-electron chi connectivity index (χ0n) is 8.58. The second-order valence-electron chi connectivity index (χ2n) is 3.74. The van der Waals surface area contributed by atoms with Crippen molar-refractivity contribution in [1.29, 1.82) is 0 Å². The number of hydrogen-bond acceptors (Lipinski definition) is 0.